The van der Waals surface area contributed by atoms with Crippen LogP contribution in [0.25, 0.3) is 11.3 Å². The molecule has 0 unspecified atom stereocenters. The molecule has 152 valence electrons. The fourth-order valence-electron chi connectivity index (χ4n) is 3.16. The topological polar surface area (TPSA) is 90.5 Å². The molecule has 1 amide bonds. The summed E-state index contributed by atoms with van der Waals surface area (Å²) in [5.74, 6) is 1.20. The van der Waals surface area contributed by atoms with E-state index in [2.05, 4.69) is 15.5 Å². The molecule has 2 heterocycles. The predicted octanol–water partition coefficient (Wildman–Crippen LogP) is 2.14. The number of amides is 1. The Hall–Kier alpha value is -3.94. The van der Waals surface area contributed by atoms with Crippen LogP contribution in [0.3, 0.4) is 0 Å². The number of benzene rings is 2. The number of nitrogens with one attached hydrogen (secondary N) is 1. The standard InChI is InChI=1S/C22H21N5O3/c1-30-18-9-7-17(8-10-18)26-13-14-27-19(24-25-21(27)22(26)29)11-12-20(28)23-15-16-5-3-2-4-6-16/h2-10,13-14H,11-12,15H2,1H3,(H,23,28). The van der Waals surface area contributed by atoms with Crippen molar-refractivity contribution in [1.82, 2.24) is 24.5 Å². The van der Waals surface area contributed by atoms with E-state index < -0.39 is 0 Å². The molecule has 0 spiro atoms. The van der Waals surface area contributed by atoms with Crippen LogP contribution in [-0.2, 0) is 17.8 Å². The monoisotopic (exact) mass is 403 g/mol. The molecule has 2 aromatic carbocycles. The van der Waals surface area contributed by atoms with Gasteiger partial charge in [-0.3, -0.25) is 18.6 Å². The van der Waals surface area contributed by atoms with Crippen molar-refractivity contribution in [3.8, 4) is 11.4 Å². The van der Waals surface area contributed by atoms with E-state index in [0.29, 0.717) is 30.2 Å². The SMILES string of the molecule is COc1ccc(-n2ccn3c(CCC(=O)NCc4ccccc4)nnc3c2=O)cc1. The zero-order valence-electron chi connectivity index (χ0n) is 16.5. The fraction of sp³-hybridized carbons (Fsp3) is 0.182. The lowest BCUT2D eigenvalue weighted by Gasteiger charge is -2.08. The molecule has 0 aliphatic rings. The number of carbonyl (C=O) groups excluding carboxylic acids is 1. The molecule has 8 nitrogen and oxygen atoms in total. The molecule has 0 fully saturated rings. The minimum atomic E-state index is -0.282. The minimum absolute atomic E-state index is 0.0813. The maximum absolute atomic E-state index is 12.8. The third-order valence-electron chi connectivity index (χ3n) is 4.80. The summed E-state index contributed by atoms with van der Waals surface area (Å²) in [7, 11) is 1.59. The zero-order chi connectivity index (χ0) is 20.9. The molecule has 4 aromatic rings. The Bertz CT molecular complexity index is 1210. The molecular weight excluding hydrogens is 382 g/mol. The molecule has 0 radical (unpaired) electrons. The second-order valence-corrected chi connectivity index (χ2v) is 6.74. The highest BCUT2D eigenvalue weighted by Crippen LogP contribution is 2.14. The Morgan fingerprint density at radius 1 is 1.03 bits per heavy atom. The van der Waals surface area contributed by atoms with Crippen LogP contribution in [-0.4, -0.2) is 32.2 Å². The van der Waals surface area contributed by atoms with Crippen LogP contribution in [0, 0.1) is 0 Å². The second-order valence-electron chi connectivity index (χ2n) is 6.74. The van der Waals surface area contributed by atoms with E-state index in [4.69, 9.17) is 4.74 Å². The Kier molecular flexibility index (Phi) is 5.56. The smallest absolute Gasteiger partial charge is 0.300 e. The van der Waals surface area contributed by atoms with Crippen molar-refractivity contribution in [3.05, 3.63) is 88.7 Å². The molecule has 30 heavy (non-hydrogen) atoms. The van der Waals surface area contributed by atoms with Crippen molar-refractivity contribution in [2.45, 2.75) is 19.4 Å². The Morgan fingerprint density at radius 2 is 1.80 bits per heavy atom. The van der Waals surface area contributed by atoms with E-state index in [9.17, 15) is 9.59 Å². The lowest BCUT2D eigenvalue weighted by molar-refractivity contribution is -0.121. The molecule has 0 aliphatic heterocycles. The second kappa shape index (κ2) is 8.60. The summed E-state index contributed by atoms with van der Waals surface area (Å²) in [6.07, 6.45) is 4.04. The maximum atomic E-state index is 12.8. The van der Waals surface area contributed by atoms with Gasteiger partial charge in [0.2, 0.25) is 11.6 Å². The number of carbonyl (C=O) groups is 1. The summed E-state index contributed by atoms with van der Waals surface area (Å²) < 4.78 is 8.28. The normalized spacial score (nSPS) is 10.8. The Balaban J connectivity index is 1.46. The van der Waals surface area contributed by atoms with Crippen molar-refractivity contribution < 1.29 is 9.53 Å². The van der Waals surface area contributed by atoms with E-state index in [1.165, 1.54) is 4.57 Å². The van der Waals surface area contributed by atoms with E-state index in [1.807, 2.05) is 30.3 Å². The van der Waals surface area contributed by atoms with Crippen molar-refractivity contribution in [2.24, 2.45) is 0 Å². The van der Waals surface area contributed by atoms with Gasteiger partial charge in [0.1, 0.15) is 11.6 Å². The van der Waals surface area contributed by atoms with Crippen LogP contribution < -0.4 is 15.6 Å². The first kappa shape index (κ1) is 19.4. The number of ether oxygens (including phenoxy) is 1. The molecule has 0 aliphatic carbocycles. The minimum Gasteiger partial charge on any atom is -0.497 e. The van der Waals surface area contributed by atoms with E-state index in [-0.39, 0.29) is 23.5 Å². The van der Waals surface area contributed by atoms with Gasteiger partial charge < -0.3 is 10.1 Å². The van der Waals surface area contributed by atoms with Gasteiger partial charge in [-0.15, -0.1) is 10.2 Å². The van der Waals surface area contributed by atoms with Crippen LogP contribution in [0.2, 0.25) is 0 Å². The molecule has 2 aromatic heterocycles. The van der Waals surface area contributed by atoms with Gasteiger partial charge in [-0.25, -0.2) is 0 Å². The maximum Gasteiger partial charge on any atom is 0.300 e. The fourth-order valence-corrected chi connectivity index (χ4v) is 3.16. The Morgan fingerprint density at radius 3 is 2.53 bits per heavy atom. The third kappa shape index (κ3) is 4.07. The number of fused-ring (bicyclic) bond motifs is 1. The van der Waals surface area contributed by atoms with Gasteiger partial charge in [0.05, 0.1) is 7.11 Å². The number of hydrogen-bond donors (Lipinski definition) is 1. The molecule has 0 saturated heterocycles. The number of hydrogen-bond acceptors (Lipinski definition) is 5. The van der Waals surface area contributed by atoms with E-state index >= 15 is 0 Å². The molecule has 8 heteroatoms. The van der Waals surface area contributed by atoms with Crippen LogP contribution in [0.5, 0.6) is 5.75 Å². The first-order valence-electron chi connectivity index (χ1n) is 9.56. The van der Waals surface area contributed by atoms with Gasteiger partial charge in [-0.05, 0) is 29.8 Å². The van der Waals surface area contributed by atoms with Gasteiger partial charge in [-0.1, -0.05) is 30.3 Å². The summed E-state index contributed by atoms with van der Waals surface area (Å²) in [6.45, 7) is 0.479. The van der Waals surface area contributed by atoms with E-state index in [0.717, 1.165) is 5.56 Å². The van der Waals surface area contributed by atoms with Crippen molar-refractivity contribution in [1.29, 1.82) is 0 Å². The summed E-state index contributed by atoms with van der Waals surface area (Å²) >= 11 is 0. The van der Waals surface area contributed by atoms with E-state index in [1.54, 1.807) is 48.2 Å². The van der Waals surface area contributed by atoms with Crippen LogP contribution in [0.4, 0.5) is 0 Å². The summed E-state index contributed by atoms with van der Waals surface area (Å²) in [4.78, 5) is 25.0. The lowest BCUT2D eigenvalue weighted by Crippen LogP contribution is -2.23. The number of rotatable bonds is 7. The third-order valence-corrected chi connectivity index (χ3v) is 4.80. The molecular formula is C22H21N5O3. The van der Waals surface area contributed by atoms with Crippen molar-refractivity contribution in [2.75, 3.05) is 7.11 Å². The van der Waals surface area contributed by atoms with Crippen molar-refractivity contribution in [3.63, 3.8) is 0 Å². The van der Waals surface area contributed by atoms with Crippen LogP contribution in [0.1, 0.15) is 17.8 Å². The highest BCUT2D eigenvalue weighted by Gasteiger charge is 2.13. The Labute approximate surface area is 172 Å². The molecule has 1 N–H and O–H groups in total. The molecule has 0 atom stereocenters. The average Bonchev–Trinajstić information content (AvgIpc) is 3.21. The quantitative estimate of drug-likeness (QED) is 0.511. The summed E-state index contributed by atoms with van der Waals surface area (Å²) in [5, 5.41) is 11.0. The zero-order valence-corrected chi connectivity index (χ0v) is 16.5. The summed E-state index contributed by atoms with van der Waals surface area (Å²) in [6, 6.07) is 16.9. The lowest BCUT2D eigenvalue weighted by atomic mass is 10.2. The van der Waals surface area contributed by atoms with Crippen LogP contribution in [0.15, 0.2) is 71.8 Å². The van der Waals surface area contributed by atoms with Gasteiger partial charge >= 0.3 is 5.56 Å². The van der Waals surface area contributed by atoms with Gasteiger partial charge in [0.25, 0.3) is 0 Å². The largest absolute Gasteiger partial charge is 0.497 e. The van der Waals surface area contributed by atoms with Gasteiger partial charge in [-0.2, -0.15) is 0 Å². The molecule has 4 rings (SSSR count). The number of nitrogens with zero attached hydrogens (tertiary/aromatic N) is 4. The number of aromatic nitrogens is 4. The first-order chi connectivity index (χ1) is 14.7. The van der Waals surface area contributed by atoms with Crippen molar-refractivity contribution >= 4 is 11.6 Å². The number of methoxy groups -OCH3 is 1. The highest BCUT2D eigenvalue weighted by atomic mass is 16.5. The average molecular weight is 403 g/mol. The van der Waals surface area contributed by atoms with Crippen LogP contribution >= 0.6 is 0 Å². The van der Waals surface area contributed by atoms with Gasteiger partial charge in [0, 0.05) is 37.5 Å². The molecule has 0 saturated carbocycles. The first-order valence-corrected chi connectivity index (χ1v) is 9.56. The summed E-state index contributed by atoms with van der Waals surface area (Å²) in [5.41, 5.74) is 1.67. The predicted molar refractivity (Wildman–Crippen MR) is 112 cm³/mol. The van der Waals surface area contributed by atoms with Gasteiger partial charge in [0.15, 0.2) is 0 Å². The molecule has 0 bridgehead atoms. The number of aryl methyl sites for hydroxylation is 1. The highest BCUT2D eigenvalue weighted by molar-refractivity contribution is 5.76.